The van der Waals surface area contributed by atoms with Gasteiger partial charge >= 0.3 is 0 Å². The zero-order valence-corrected chi connectivity index (χ0v) is 15.2. The van der Waals surface area contributed by atoms with Crippen LogP contribution in [0.5, 0.6) is 0 Å². The highest BCUT2D eigenvalue weighted by Gasteiger charge is 2.33. The Hall–Kier alpha value is -3.23. The first-order valence-corrected chi connectivity index (χ1v) is 8.84. The molecule has 0 atom stereocenters. The lowest BCUT2D eigenvalue weighted by Crippen LogP contribution is -3.00. The molecule has 0 aliphatic heterocycles. The molecule has 6 rings (SSSR count). The minimum absolute atomic E-state index is 0. The summed E-state index contributed by atoms with van der Waals surface area (Å²) in [4.78, 5) is 5.06. The van der Waals surface area contributed by atoms with E-state index in [-0.39, 0.29) is 12.4 Å². The van der Waals surface area contributed by atoms with E-state index in [0.29, 0.717) is 0 Å². The molecular weight excluding hydrogens is 352 g/mol. The molecule has 27 heavy (non-hydrogen) atoms. The fourth-order valence-corrected chi connectivity index (χ4v) is 4.16. The van der Waals surface area contributed by atoms with Crippen LogP contribution in [0.15, 0.2) is 91.0 Å². The molecule has 1 aliphatic carbocycles. The standard InChI is InChI=1S/C24H15N2.ClH/c1-2-10-17(11-3-1)26-21-15-5-4-14-20(21)25-23-18-12-6-8-16-9-7-13-19(22(16)18)24(23)26;/h1-15H;1H/q+1;/p-1. The number of nitrogens with zero attached hydrogens (tertiary/aromatic N) is 2. The number of benzene rings is 4. The molecule has 3 heteroatoms. The highest BCUT2D eigenvalue weighted by molar-refractivity contribution is 6.13. The van der Waals surface area contributed by atoms with Gasteiger partial charge in [0.2, 0.25) is 16.9 Å². The van der Waals surface area contributed by atoms with E-state index in [9.17, 15) is 0 Å². The Morgan fingerprint density at radius 1 is 0.630 bits per heavy atom. The van der Waals surface area contributed by atoms with Gasteiger partial charge in [-0.3, -0.25) is 0 Å². The summed E-state index contributed by atoms with van der Waals surface area (Å²) in [6, 6.07) is 32.0. The van der Waals surface area contributed by atoms with Gasteiger partial charge in [-0.05, 0) is 17.5 Å². The van der Waals surface area contributed by atoms with Crippen LogP contribution >= 0.6 is 0 Å². The van der Waals surface area contributed by atoms with E-state index in [2.05, 4.69) is 95.6 Å². The normalized spacial score (nSPS) is 11.4. The van der Waals surface area contributed by atoms with Crippen LogP contribution in [0, 0.1) is 0 Å². The molecule has 1 heterocycles. The first-order valence-electron chi connectivity index (χ1n) is 8.84. The molecule has 128 valence electrons. The zero-order valence-electron chi connectivity index (χ0n) is 14.4. The summed E-state index contributed by atoms with van der Waals surface area (Å²) < 4.78 is 2.35. The van der Waals surface area contributed by atoms with Crippen molar-refractivity contribution in [1.29, 1.82) is 0 Å². The molecule has 2 nitrogen and oxygen atoms in total. The van der Waals surface area contributed by atoms with Crippen molar-refractivity contribution in [1.82, 2.24) is 4.98 Å². The summed E-state index contributed by atoms with van der Waals surface area (Å²) in [5.41, 5.74) is 8.04. The average molecular weight is 367 g/mol. The summed E-state index contributed by atoms with van der Waals surface area (Å²) in [6.45, 7) is 0. The summed E-state index contributed by atoms with van der Waals surface area (Å²) >= 11 is 0. The van der Waals surface area contributed by atoms with Gasteiger partial charge in [0.15, 0.2) is 0 Å². The molecule has 0 unspecified atom stereocenters. The Morgan fingerprint density at radius 3 is 2.15 bits per heavy atom. The number of rotatable bonds is 1. The van der Waals surface area contributed by atoms with Crippen molar-refractivity contribution in [2.45, 2.75) is 0 Å². The fraction of sp³-hybridized carbons (Fsp3) is 0. The monoisotopic (exact) mass is 366 g/mol. The van der Waals surface area contributed by atoms with Gasteiger partial charge in [-0.2, -0.15) is 0 Å². The highest BCUT2D eigenvalue weighted by Crippen LogP contribution is 2.45. The van der Waals surface area contributed by atoms with E-state index >= 15 is 0 Å². The summed E-state index contributed by atoms with van der Waals surface area (Å²) in [6.07, 6.45) is 0. The second kappa shape index (κ2) is 5.90. The van der Waals surface area contributed by atoms with E-state index < -0.39 is 0 Å². The number of aromatic nitrogens is 2. The summed E-state index contributed by atoms with van der Waals surface area (Å²) in [5.74, 6) is 0. The third-order valence-corrected chi connectivity index (χ3v) is 5.23. The van der Waals surface area contributed by atoms with Crippen molar-refractivity contribution >= 4 is 21.8 Å². The molecule has 0 fully saturated rings. The lowest BCUT2D eigenvalue weighted by molar-refractivity contribution is -0.554. The SMILES string of the molecule is [Cl-].c1ccc(-[n+]2c3c(nc4ccccc42)-c2cccc4cccc-3c24)cc1. The maximum absolute atomic E-state index is 5.06. The molecule has 0 spiro atoms. The van der Waals surface area contributed by atoms with E-state index in [4.69, 9.17) is 4.98 Å². The minimum Gasteiger partial charge on any atom is -1.00 e. The van der Waals surface area contributed by atoms with Crippen LogP contribution < -0.4 is 17.0 Å². The Labute approximate surface area is 163 Å². The predicted octanol–water partition coefficient (Wildman–Crippen LogP) is 2.32. The van der Waals surface area contributed by atoms with Crippen molar-refractivity contribution in [2.75, 3.05) is 0 Å². The van der Waals surface area contributed by atoms with E-state index in [1.165, 1.54) is 27.6 Å². The lowest BCUT2D eigenvalue weighted by atomic mass is 10.0. The second-order valence-corrected chi connectivity index (χ2v) is 6.68. The third-order valence-electron chi connectivity index (χ3n) is 5.23. The number of para-hydroxylation sites is 3. The van der Waals surface area contributed by atoms with Gasteiger partial charge in [0.25, 0.3) is 0 Å². The topological polar surface area (TPSA) is 16.8 Å². The van der Waals surface area contributed by atoms with Crippen LogP contribution in [0.2, 0.25) is 0 Å². The molecule has 0 amide bonds. The summed E-state index contributed by atoms with van der Waals surface area (Å²) in [5, 5.41) is 2.57. The smallest absolute Gasteiger partial charge is 0.246 e. The molecule has 0 saturated carbocycles. The van der Waals surface area contributed by atoms with Crippen molar-refractivity contribution in [3.05, 3.63) is 91.0 Å². The molecule has 0 bridgehead atoms. The number of fused-ring (bicyclic) bond motifs is 4. The first-order chi connectivity index (χ1) is 12.9. The fourth-order valence-electron chi connectivity index (χ4n) is 4.16. The Bertz CT molecular complexity index is 1320. The van der Waals surface area contributed by atoms with Gasteiger partial charge in [-0.15, -0.1) is 4.57 Å². The van der Waals surface area contributed by atoms with Crippen LogP contribution in [-0.4, -0.2) is 4.98 Å². The molecule has 1 aromatic heterocycles. The number of hydrogen-bond donors (Lipinski definition) is 0. The highest BCUT2D eigenvalue weighted by atomic mass is 35.5. The molecular formula is C24H15ClN2. The van der Waals surface area contributed by atoms with Crippen molar-refractivity contribution in [2.24, 2.45) is 0 Å². The maximum atomic E-state index is 5.06. The van der Waals surface area contributed by atoms with Crippen molar-refractivity contribution in [3.8, 4) is 28.2 Å². The van der Waals surface area contributed by atoms with Gasteiger partial charge in [-0.25, -0.2) is 4.98 Å². The Balaban J connectivity index is 0.00000160. The average Bonchev–Trinajstić information content (AvgIpc) is 3.03. The van der Waals surface area contributed by atoms with E-state index in [1.807, 2.05) is 0 Å². The van der Waals surface area contributed by atoms with Crippen LogP contribution in [0.25, 0.3) is 50.0 Å². The molecule has 0 radical (unpaired) electrons. The van der Waals surface area contributed by atoms with E-state index in [0.717, 1.165) is 22.4 Å². The van der Waals surface area contributed by atoms with Crippen LogP contribution in [-0.2, 0) is 0 Å². The van der Waals surface area contributed by atoms with Crippen LogP contribution in [0.1, 0.15) is 0 Å². The quantitative estimate of drug-likeness (QED) is 0.408. The molecule has 1 aliphatic rings. The Kier molecular flexibility index (Phi) is 3.49. The minimum atomic E-state index is 0. The van der Waals surface area contributed by atoms with E-state index in [1.54, 1.807) is 0 Å². The van der Waals surface area contributed by atoms with Gasteiger partial charge in [0.05, 0.1) is 5.56 Å². The van der Waals surface area contributed by atoms with Gasteiger partial charge in [0, 0.05) is 29.1 Å². The van der Waals surface area contributed by atoms with Gasteiger partial charge < -0.3 is 12.4 Å². The number of hydrogen-bond acceptors (Lipinski definition) is 1. The zero-order chi connectivity index (χ0) is 17.1. The second-order valence-electron chi connectivity index (χ2n) is 6.68. The van der Waals surface area contributed by atoms with Gasteiger partial charge in [-0.1, -0.05) is 60.7 Å². The third kappa shape index (κ3) is 2.14. The first kappa shape index (κ1) is 16.0. The molecule has 4 aromatic carbocycles. The molecule has 5 aromatic rings. The largest absolute Gasteiger partial charge is 1.00 e. The number of halogens is 1. The predicted molar refractivity (Wildman–Crippen MR) is 105 cm³/mol. The molecule has 0 saturated heterocycles. The Morgan fingerprint density at radius 2 is 1.33 bits per heavy atom. The van der Waals surface area contributed by atoms with Crippen LogP contribution in [0.3, 0.4) is 0 Å². The molecule has 0 N–H and O–H groups in total. The van der Waals surface area contributed by atoms with Crippen molar-refractivity contribution in [3.63, 3.8) is 0 Å². The van der Waals surface area contributed by atoms with Gasteiger partial charge in [0.1, 0.15) is 11.2 Å². The van der Waals surface area contributed by atoms with Crippen molar-refractivity contribution < 1.29 is 17.0 Å². The lowest BCUT2D eigenvalue weighted by Gasteiger charge is -2.07. The summed E-state index contributed by atoms with van der Waals surface area (Å²) in [7, 11) is 0. The maximum Gasteiger partial charge on any atom is 0.246 e. The van der Waals surface area contributed by atoms with Crippen LogP contribution in [0.4, 0.5) is 0 Å².